The summed E-state index contributed by atoms with van der Waals surface area (Å²) in [7, 11) is 0. The zero-order valence-corrected chi connectivity index (χ0v) is 17.1. The van der Waals surface area contributed by atoms with Crippen molar-refractivity contribution in [3.63, 3.8) is 0 Å². The van der Waals surface area contributed by atoms with Gasteiger partial charge in [-0.15, -0.1) is 0 Å². The Morgan fingerprint density at radius 3 is 2.64 bits per heavy atom. The van der Waals surface area contributed by atoms with E-state index in [1.165, 1.54) is 0 Å². The minimum absolute atomic E-state index is 0.0550. The van der Waals surface area contributed by atoms with Gasteiger partial charge in [0.05, 0.1) is 11.1 Å². The molecule has 1 aromatic carbocycles. The fourth-order valence-corrected chi connectivity index (χ4v) is 4.62. The van der Waals surface area contributed by atoms with Gasteiger partial charge < -0.3 is 4.74 Å². The lowest BCUT2D eigenvalue weighted by atomic mass is 9.70. The Morgan fingerprint density at radius 2 is 1.89 bits per heavy atom. The van der Waals surface area contributed by atoms with Crippen molar-refractivity contribution in [1.29, 1.82) is 0 Å². The number of hydrogen-bond acceptors (Lipinski definition) is 4. The summed E-state index contributed by atoms with van der Waals surface area (Å²) in [5.74, 6) is 0.190. The summed E-state index contributed by atoms with van der Waals surface area (Å²) in [6.07, 6.45) is 5.19. The highest BCUT2D eigenvalue weighted by molar-refractivity contribution is 6.06. The molecule has 0 radical (unpaired) electrons. The molecule has 4 heteroatoms. The molecule has 0 saturated heterocycles. The number of ketones is 1. The van der Waals surface area contributed by atoms with Gasteiger partial charge in [0.25, 0.3) is 0 Å². The van der Waals surface area contributed by atoms with E-state index in [0.717, 1.165) is 54.3 Å². The number of aryl methyl sites for hydroxylation is 1. The summed E-state index contributed by atoms with van der Waals surface area (Å²) in [6.45, 7) is 6.78. The van der Waals surface area contributed by atoms with E-state index in [1.807, 2.05) is 24.3 Å². The third kappa shape index (κ3) is 3.57. The van der Waals surface area contributed by atoms with Gasteiger partial charge in [-0.25, -0.2) is 4.79 Å². The summed E-state index contributed by atoms with van der Waals surface area (Å²) in [4.78, 5) is 30.4. The van der Waals surface area contributed by atoms with E-state index in [9.17, 15) is 9.59 Å². The van der Waals surface area contributed by atoms with Crippen LogP contribution in [-0.2, 0) is 22.4 Å². The molecule has 1 aromatic heterocycles. The van der Waals surface area contributed by atoms with Gasteiger partial charge in [-0.1, -0.05) is 39.0 Å². The summed E-state index contributed by atoms with van der Waals surface area (Å²) in [5.41, 5.74) is 3.67. The number of carbonyl (C=O) groups is 2. The maximum absolute atomic E-state index is 13.3. The van der Waals surface area contributed by atoms with Crippen LogP contribution in [0.3, 0.4) is 0 Å². The van der Waals surface area contributed by atoms with E-state index in [0.29, 0.717) is 24.3 Å². The van der Waals surface area contributed by atoms with Crippen molar-refractivity contribution in [2.45, 2.75) is 71.8 Å². The fourth-order valence-electron chi connectivity index (χ4n) is 4.62. The van der Waals surface area contributed by atoms with Gasteiger partial charge >= 0.3 is 5.97 Å². The third-order valence-corrected chi connectivity index (χ3v) is 6.44. The molecular formula is C24H29NO3. The maximum atomic E-state index is 13.3. The number of pyridine rings is 1. The Balaban J connectivity index is 1.77. The van der Waals surface area contributed by atoms with Crippen molar-refractivity contribution < 1.29 is 14.3 Å². The molecule has 0 aliphatic heterocycles. The molecule has 0 amide bonds. The molecule has 148 valence electrons. The molecule has 0 spiro atoms. The molecule has 4 nitrogen and oxygen atoms in total. The number of rotatable bonds is 2. The van der Waals surface area contributed by atoms with Gasteiger partial charge in [0.1, 0.15) is 0 Å². The lowest BCUT2D eigenvalue weighted by Gasteiger charge is -2.35. The van der Waals surface area contributed by atoms with Crippen molar-refractivity contribution in [2.75, 3.05) is 0 Å². The third-order valence-electron chi connectivity index (χ3n) is 6.44. The molecule has 0 unspecified atom stereocenters. The highest BCUT2D eigenvalue weighted by atomic mass is 16.5. The molecule has 28 heavy (non-hydrogen) atoms. The Labute approximate surface area is 166 Å². The highest BCUT2D eigenvalue weighted by Crippen LogP contribution is 2.39. The van der Waals surface area contributed by atoms with Crippen molar-refractivity contribution in [2.24, 2.45) is 11.3 Å². The number of benzene rings is 1. The van der Waals surface area contributed by atoms with E-state index < -0.39 is 6.10 Å². The van der Waals surface area contributed by atoms with Gasteiger partial charge in [0.2, 0.25) is 0 Å². The monoisotopic (exact) mass is 379 g/mol. The van der Waals surface area contributed by atoms with Crippen molar-refractivity contribution in [3.05, 3.63) is 41.1 Å². The maximum Gasteiger partial charge on any atom is 0.339 e. The number of carbonyl (C=O) groups excluding carboxylic acids is 2. The van der Waals surface area contributed by atoms with E-state index in [2.05, 4.69) is 20.8 Å². The Bertz CT molecular complexity index is 925. The molecule has 2 aromatic rings. The number of aromatic nitrogens is 1. The van der Waals surface area contributed by atoms with Crippen molar-refractivity contribution >= 4 is 22.7 Å². The van der Waals surface area contributed by atoms with Crippen LogP contribution in [0.5, 0.6) is 0 Å². The van der Waals surface area contributed by atoms with Crippen LogP contribution in [0.2, 0.25) is 0 Å². The summed E-state index contributed by atoms with van der Waals surface area (Å²) in [6, 6.07) is 7.78. The molecule has 2 atom stereocenters. The van der Waals surface area contributed by atoms with Crippen molar-refractivity contribution in [1.82, 2.24) is 4.98 Å². The molecule has 1 heterocycles. The average Bonchev–Trinajstić information content (AvgIpc) is 2.66. The Kier molecular flexibility index (Phi) is 4.98. The van der Waals surface area contributed by atoms with Gasteiger partial charge in [-0.3, -0.25) is 9.78 Å². The minimum atomic E-state index is -0.592. The molecule has 0 N–H and O–H groups in total. The quantitative estimate of drug-likeness (QED) is 0.685. The van der Waals surface area contributed by atoms with Gasteiger partial charge in [0.15, 0.2) is 11.9 Å². The van der Waals surface area contributed by atoms with Crippen LogP contribution in [0.1, 0.15) is 74.5 Å². The van der Waals surface area contributed by atoms with Crippen molar-refractivity contribution in [3.8, 4) is 0 Å². The van der Waals surface area contributed by atoms with Crippen LogP contribution < -0.4 is 0 Å². The minimum Gasteiger partial charge on any atom is -0.451 e. The highest BCUT2D eigenvalue weighted by Gasteiger charge is 2.34. The first kappa shape index (κ1) is 19.1. The molecule has 1 saturated carbocycles. The SMILES string of the molecule is CC(C)(C)[C@@H]1CCc2nc3ccccc3c(C(=O)O[C@H]3CCCCC3=O)c2C1. The summed E-state index contributed by atoms with van der Waals surface area (Å²) in [5, 5.41) is 0.837. The number of ether oxygens (including phenoxy) is 1. The first-order valence-corrected chi connectivity index (χ1v) is 10.5. The lowest BCUT2D eigenvalue weighted by Crippen LogP contribution is -2.32. The predicted molar refractivity (Wildman–Crippen MR) is 109 cm³/mol. The van der Waals surface area contributed by atoms with E-state index in [1.54, 1.807) is 0 Å². The van der Waals surface area contributed by atoms with E-state index >= 15 is 0 Å². The first-order chi connectivity index (χ1) is 13.3. The molecule has 2 aliphatic rings. The zero-order valence-electron chi connectivity index (χ0n) is 17.1. The van der Waals surface area contributed by atoms with Gasteiger partial charge in [-0.05, 0) is 61.5 Å². The molecular weight excluding hydrogens is 350 g/mol. The van der Waals surface area contributed by atoms with Crippen LogP contribution in [0.15, 0.2) is 24.3 Å². The van der Waals surface area contributed by atoms with E-state index in [4.69, 9.17) is 9.72 Å². The number of hydrogen-bond donors (Lipinski definition) is 0. The zero-order chi connectivity index (χ0) is 19.9. The number of fused-ring (bicyclic) bond motifs is 2. The standard InChI is InChI=1S/C24H29NO3/c1-24(2,3)15-12-13-19-17(14-15)22(16-8-4-5-9-18(16)25-19)23(27)28-21-11-7-6-10-20(21)26/h4-5,8-9,15,21H,6-7,10-14H2,1-3H3/t15-,21+/m1/s1. The molecule has 1 fully saturated rings. The van der Waals surface area contributed by atoms with Crippen LogP contribution in [0.25, 0.3) is 10.9 Å². The number of para-hydroxylation sites is 1. The van der Waals surface area contributed by atoms with Crippen LogP contribution in [0, 0.1) is 11.3 Å². The lowest BCUT2D eigenvalue weighted by molar-refractivity contribution is -0.129. The summed E-state index contributed by atoms with van der Waals surface area (Å²) < 4.78 is 5.77. The topological polar surface area (TPSA) is 56.3 Å². The normalized spacial score (nSPS) is 22.8. The fraction of sp³-hybridized carbons (Fsp3) is 0.542. The second-order valence-electron chi connectivity index (χ2n) is 9.34. The number of Topliss-reactive ketones (excluding diaryl/α,β-unsaturated/α-hetero) is 1. The van der Waals surface area contributed by atoms with E-state index in [-0.39, 0.29) is 17.2 Å². The van der Waals surface area contributed by atoms with Gasteiger partial charge in [0, 0.05) is 17.5 Å². The number of nitrogens with zero attached hydrogens (tertiary/aromatic N) is 1. The average molecular weight is 380 g/mol. The largest absolute Gasteiger partial charge is 0.451 e. The smallest absolute Gasteiger partial charge is 0.339 e. The van der Waals surface area contributed by atoms with Crippen LogP contribution in [-0.4, -0.2) is 22.8 Å². The van der Waals surface area contributed by atoms with Crippen LogP contribution in [0.4, 0.5) is 0 Å². The first-order valence-electron chi connectivity index (χ1n) is 10.5. The second kappa shape index (κ2) is 7.31. The molecule has 4 rings (SSSR count). The van der Waals surface area contributed by atoms with Crippen LogP contribution >= 0.6 is 0 Å². The molecule has 0 bridgehead atoms. The predicted octanol–water partition coefficient (Wildman–Crippen LogP) is 5.05. The Hall–Kier alpha value is -2.23. The van der Waals surface area contributed by atoms with Gasteiger partial charge in [-0.2, -0.15) is 0 Å². The molecule has 2 aliphatic carbocycles. The summed E-state index contributed by atoms with van der Waals surface area (Å²) >= 11 is 0. The Morgan fingerprint density at radius 1 is 1.11 bits per heavy atom. The second-order valence-corrected chi connectivity index (χ2v) is 9.34. The number of esters is 1.